The molecule has 106 valence electrons. The van der Waals surface area contributed by atoms with E-state index >= 15 is 0 Å². The van der Waals surface area contributed by atoms with Crippen molar-refractivity contribution < 1.29 is 4.79 Å². The van der Waals surface area contributed by atoms with E-state index in [2.05, 4.69) is 29.4 Å². The summed E-state index contributed by atoms with van der Waals surface area (Å²) < 4.78 is 0.748. The Labute approximate surface area is 121 Å². The third kappa shape index (κ3) is 4.07. The number of hydrogen-bond acceptors (Lipinski definition) is 6. The number of amides is 1. The fourth-order valence-corrected chi connectivity index (χ4v) is 3.89. The number of carbonyl (C=O) groups is 1. The van der Waals surface area contributed by atoms with Crippen LogP contribution in [0.3, 0.4) is 0 Å². The van der Waals surface area contributed by atoms with Gasteiger partial charge in [0.2, 0.25) is 11.0 Å². The second kappa shape index (κ2) is 6.56. The molecule has 0 saturated heterocycles. The molecule has 2 rings (SSSR count). The lowest BCUT2D eigenvalue weighted by atomic mass is 9.78. The third-order valence-corrected chi connectivity index (χ3v) is 5.69. The summed E-state index contributed by atoms with van der Waals surface area (Å²) in [6, 6.07) is 0.316. The van der Waals surface area contributed by atoms with Crippen LogP contribution in [0.2, 0.25) is 0 Å². The lowest BCUT2D eigenvalue weighted by Crippen LogP contribution is -2.44. The quantitative estimate of drug-likeness (QED) is 0.833. The summed E-state index contributed by atoms with van der Waals surface area (Å²) in [6.45, 7) is 4.50. The first-order chi connectivity index (χ1) is 9.06. The Morgan fingerprint density at radius 1 is 1.47 bits per heavy atom. The highest BCUT2D eigenvalue weighted by atomic mass is 32.2. The number of nitrogen functional groups attached to an aromatic ring is 1. The molecule has 1 amide bonds. The maximum Gasteiger partial charge on any atom is 0.230 e. The van der Waals surface area contributed by atoms with Crippen LogP contribution in [0.15, 0.2) is 4.34 Å². The van der Waals surface area contributed by atoms with E-state index < -0.39 is 0 Å². The Bertz CT molecular complexity index is 437. The maximum atomic E-state index is 11.9. The zero-order valence-electron chi connectivity index (χ0n) is 11.3. The number of hydrogen-bond donors (Lipinski definition) is 2. The average molecular weight is 300 g/mol. The number of carbonyl (C=O) groups excluding carboxylic acids is 1. The molecule has 1 aromatic heterocycles. The SMILES string of the molecule is C[C@@H]1[C@H](C)CCC[C@@H]1NC(=O)CSc1nnc(N)s1. The molecule has 0 unspecified atom stereocenters. The molecule has 3 atom stereocenters. The molecule has 7 heteroatoms. The Balaban J connectivity index is 1.77. The van der Waals surface area contributed by atoms with Crippen LogP contribution in [0, 0.1) is 11.8 Å². The number of nitrogens with one attached hydrogen (secondary N) is 1. The van der Waals surface area contributed by atoms with E-state index in [-0.39, 0.29) is 5.91 Å². The number of rotatable bonds is 4. The molecule has 1 aromatic rings. The Hall–Kier alpha value is -0.820. The van der Waals surface area contributed by atoms with E-state index in [0.717, 1.165) is 10.8 Å². The zero-order chi connectivity index (χ0) is 13.8. The summed E-state index contributed by atoms with van der Waals surface area (Å²) in [5.74, 6) is 1.70. The van der Waals surface area contributed by atoms with E-state index in [0.29, 0.717) is 28.8 Å². The molecule has 19 heavy (non-hydrogen) atoms. The highest BCUT2D eigenvalue weighted by molar-refractivity contribution is 8.01. The van der Waals surface area contributed by atoms with E-state index in [1.165, 1.54) is 35.9 Å². The Morgan fingerprint density at radius 3 is 2.95 bits per heavy atom. The molecule has 0 spiro atoms. The van der Waals surface area contributed by atoms with Gasteiger partial charge in [0.05, 0.1) is 5.75 Å². The molecule has 1 aliphatic carbocycles. The van der Waals surface area contributed by atoms with Crippen LogP contribution in [-0.2, 0) is 4.79 Å². The predicted octanol–water partition coefficient (Wildman–Crippen LogP) is 2.15. The van der Waals surface area contributed by atoms with Gasteiger partial charge < -0.3 is 11.1 Å². The monoisotopic (exact) mass is 300 g/mol. The van der Waals surface area contributed by atoms with Crippen LogP contribution in [0.4, 0.5) is 5.13 Å². The molecule has 1 fully saturated rings. The van der Waals surface area contributed by atoms with Crippen molar-refractivity contribution in [2.45, 2.75) is 43.5 Å². The van der Waals surface area contributed by atoms with Gasteiger partial charge in [-0.2, -0.15) is 0 Å². The summed E-state index contributed by atoms with van der Waals surface area (Å²) in [7, 11) is 0. The highest BCUT2D eigenvalue weighted by Gasteiger charge is 2.28. The molecule has 0 bridgehead atoms. The number of nitrogens with two attached hydrogens (primary N) is 1. The van der Waals surface area contributed by atoms with Gasteiger partial charge in [0.1, 0.15) is 0 Å². The van der Waals surface area contributed by atoms with Gasteiger partial charge in [0, 0.05) is 6.04 Å². The molecule has 1 aliphatic rings. The minimum atomic E-state index is 0.0738. The molecule has 0 aromatic carbocycles. The molecule has 3 N–H and O–H groups in total. The summed E-state index contributed by atoms with van der Waals surface area (Å²) in [5, 5.41) is 11.2. The largest absolute Gasteiger partial charge is 0.374 e. The fraction of sp³-hybridized carbons (Fsp3) is 0.750. The third-order valence-electron chi connectivity index (χ3n) is 3.80. The number of thioether (sulfide) groups is 1. The van der Waals surface area contributed by atoms with Crippen molar-refractivity contribution in [1.29, 1.82) is 0 Å². The van der Waals surface area contributed by atoms with E-state index in [4.69, 9.17) is 5.73 Å². The van der Waals surface area contributed by atoms with Gasteiger partial charge in [-0.05, 0) is 18.3 Å². The van der Waals surface area contributed by atoms with Crippen LogP contribution in [0.5, 0.6) is 0 Å². The van der Waals surface area contributed by atoms with Gasteiger partial charge in [-0.1, -0.05) is 49.8 Å². The van der Waals surface area contributed by atoms with Crippen LogP contribution >= 0.6 is 23.1 Å². The first-order valence-corrected chi connectivity index (χ1v) is 8.37. The van der Waals surface area contributed by atoms with Crippen molar-refractivity contribution in [2.75, 3.05) is 11.5 Å². The van der Waals surface area contributed by atoms with Gasteiger partial charge in [0.15, 0.2) is 4.34 Å². The second-order valence-electron chi connectivity index (χ2n) is 5.14. The zero-order valence-corrected chi connectivity index (χ0v) is 12.9. The highest BCUT2D eigenvalue weighted by Crippen LogP contribution is 2.29. The van der Waals surface area contributed by atoms with Crippen LogP contribution < -0.4 is 11.1 Å². The van der Waals surface area contributed by atoms with Crippen LogP contribution in [0.1, 0.15) is 33.1 Å². The molecular weight excluding hydrogens is 280 g/mol. The summed E-state index contributed by atoms with van der Waals surface area (Å²) in [4.78, 5) is 11.9. The Kier molecular flexibility index (Phi) is 5.04. The lowest BCUT2D eigenvalue weighted by molar-refractivity contribution is -0.119. The maximum absolute atomic E-state index is 11.9. The normalized spacial score (nSPS) is 27.2. The molecular formula is C12H20N4OS2. The standard InChI is InChI=1S/C12H20N4OS2/c1-7-4-3-5-9(8(7)2)14-10(17)6-18-12-16-15-11(13)19-12/h7-9H,3-6H2,1-2H3,(H2,13,15)(H,14,17)/t7-,8-,9+/m1/s1. The van der Waals surface area contributed by atoms with Crippen molar-refractivity contribution in [1.82, 2.24) is 15.5 Å². The van der Waals surface area contributed by atoms with E-state index in [1.807, 2.05) is 0 Å². The molecule has 1 saturated carbocycles. The van der Waals surface area contributed by atoms with Gasteiger partial charge in [-0.3, -0.25) is 4.79 Å². The predicted molar refractivity (Wildman–Crippen MR) is 79.2 cm³/mol. The summed E-state index contributed by atoms with van der Waals surface area (Å²) >= 11 is 2.71. The second-order valence-corrected chi connectivity index (χ2v) is 7.37. The molecule has 1 heterocycles. The van der Waals surface area contributed by atoms with Crippen LogP contribution in [0.25, 0.3) is 0 Å². The van der Waals surface area contributed by atoms with Crippen molar-refractivity contribution in [3.8, 4) is 0 Å². The molecule has 0 aliphatic heterocycles. The van der Waals surface area contributed by atoms with Crippen molar-refractivity contribution in [3.05, 3.63) is 0 Å². The van der Waals surface area contributed by atoms with E-state index in [1.54, 1.807) is 0 Å². The molecule has 0 radical (unpaired) electrons. The van der Waals surface area contributed by atoms with Gasteiger partial charge in [0.25, 0.3) is 0 Å². The topological polar surface area (TPSA) is 80.9 Å². The van der Waals surface area contributed by atoms with E-state index in [9.17, 15) is 4.79 Å². The van der Waals surface area contributed by atoms with Gasteiger partial charge in [-0.25, -0.2) is 0 Å². The summed E-state index contributed by atoms with van der Waals surface area (Å²) in [5.41, 5.74) is 5.50. The van der Waals surface area contributed by atoms with Gasteiger partial charge in [-0.15, -0.1) is 10.2 Å². The minimum Gasteiger partial charge on any atom is -0.374 e. The fourth-order valence-electron chi connectivity index (χ4n) is 2.44. The smallest absolute Gasteiger partial charge is 0.230 e. The van der Waals surface area contributed by atoms with Crippen molar-refractivity contribution in [3.63, 3.8) is 0 Å². The number of anilines is 1. The minimum absolute atomic E-state index is 0.0738. The average Bonchev–Trinajstić information content (AvgIpc) is 2.78. The number of aromatic nitrogens is 2. The van der Waals surface area contributed by atoms with Gasteiger partial charge >= 0.3 is 0 Å². The Morgan fingerprint density at radius 2 is 2.26 bits per heavy atom. The van der Waals surface area contributed by atoms with Crippen molar-refractivity contribution >= 4 is 34.1 Å². The lowest BCUT2D eigenvalue weighted by Gasteiger charge is -2.34. The number of nitrogens with zero attached hydrogens (tertiary/aromatic N) is 2. The first-order valence-electron chi connectivity index (χ1n) is 6.57. The summed E-state index contributed by atoms with van der Waals surface area (Å²) in [6.07, 6.45) is 3.57. The van der Waals surface area contributed by atoms with Crippen molar-refractivity contribution in [2.24, 2.45) is 11.8 Å². The molecule has 5 nitrogen and oxygen atoms in total. The van der Waals surface area contributed by atoms with Crippen LogP contribution in [-0.4, -0.2) is 27.9 Å². The first kappa shape index (κ1) is 14.6.